The van der Waals surface area contributed by atoms with Crippen molar-refractivity contribution in [2.45, 2.75) is 45.1 Å². The molecule has 1 aromatic heterocycles. The number of fused-ring (bicyclic) bond motifs is 1. The van der Waals surface area contributed by atoms with E-state index in [0.29, 0.717) is 17.5 Å². The van der Waals surface area contributed by atoms with Crippen LogP contribution in [0.2, 0.25) is 5.02 Å². The van der Waals surface area contributed by atoms with Gasteiger partial charge in [-0.2, -0.15) is 0 Å². The highest BCUT2D eigenvalue weighted by atomic mass is 35.5. The fourth-order valence-electron chi connectivity index (χ4n) is 2.86. The second-order valence-corrected chi connectivity index (χ2v) is 5.99. The smallest absolute Gasteiger partial charge is 0.224 e. The van der Waals surface area contributed by atoms with Crippen LogP contribution in [0, 0.1) is 6.92 Å². The van der Waals surface area contributed by atoms with Gasteiger partial charge in [-0.15, -0.1) is 0 Å². The number of nitrogens with one attached hydrogen (secondary N) is 1. The van der Waals surface area contributed by atoms with Crippen LogP contribution in [-0.4, -0.2) is 11.9 Å². The standard InChI is InChI=1S/C16H18ClNO2/c1-10-6-15-13(8-14(10)17)11(9-20-15)7-16(19)18-12-4-2-3-5-12/h6,8-9,12H,2-5,7H2,1H3,(H,18,19). The average Bonchev–Trinajstić information content (AvgIpc) is 3.02. The Kier molecular flexibility index (Phi) is 3.70. The van der Waals surface area contributed by atoms with Crippen molar-refractivity contribution < 1.29 is 9.21 Å². The van der Waals surface area contributed by atoms with Gasteiger partial charge in [0.15, 0.2) is 0 Å². The number of furan rings is 1. The van der Waals surface area contributed by atoms with Crippen LogP contribution in [-0.2, 0) is 11.2 Å². The third kappa shape index (κ3) is 2.68. The van der Waals surface area contributed by atoms with Crippen molar-refractivity contribution in [3.05, 3.63) is 34.5 Å². The molecule has 0 spiro atoms. The van der Waals surface area contributed by atoms with E-state index in [1.54, 1.807) is 6.26 Å². The summed E-state index contributed by atoms with van der Waals surface area (Å²) in [5.74, 6) is 0.0660. The first-order valence-electron chi connectivity index (χ1n) is 7.09. The molecule has 1 heterocycles. The van der Waals surface area contributed by atoms with Crippen molar-refractivity contribution in [1.82, 2.24) is 5.32 Å². The minimum Gasteiger partial charge on any atom is -0.464 e. The summed E-state index contributed by atoms with van der Waals surface area (Å²) in [6.45, 7) is 1.94. The van der Waals surface area contributed by atoms with E-state index in [4.69, 9.17) is 16.0 Å². The first kappa shape index (κ1) is 13.5. The lowest BCUT2D eigenvalue weighted by atomic mass is 10.1. The van der Waals surface area contributed by atoms with Crippen molar-refractivity contribution in [2.75, 3.05) is 0 Å². The van der Waals surface area contributed by atoms with Gasteiger partial charge in [-0.05, 0) is 37.5 Å². The molecule has 4 heteroatoms. The topological polar surface area (TPSA) is 42.2 Å². The maximum absolute atomic E-state index is 12.1. The number of hydrogen-bond donors (Lipinski definition) is 1. The summed E-state index contributed by atoms with van der Waals surface area (Å²) in [5, 5.41) is 4.73. The molecule has 0 bridgehead atoms. The largest absolute Gasteiger partial charge is 0.464 e. The number of halogens is 1. The zero-order chi connectivity index (χ0) is 14.1. The molecule has 0 radical (unpaired) electrons. The van der Waals surface area contributed by atoms with Crippen LogP contribution in [0.15, 0.2) is 22.8 Å². The molecule has 0 atom stereocenters. The summed E-state index contributed by atoms with van der Waals surface area (Å²) < 4.78 is 5.52. The van der Waals surface area contributed by atoms with Crippen molar-refractivity contribution in [2.24, 2.45) is 0 Å². The van der Waals surface area contributed by atoms with Crippen molar-refractivity contribution in [3.63, 3.8) is 0 Å². The zero-order valence-electron chi connectivity index (χ0n) is 11.5. The summed E-state index contributed by atoms with van der Waals surface area (Å²) >= 11 is 6.15. The Morgan fingerprint density at radius 2 is 2.15 bits per heavy atom. The number of rotatable bonds is 3. The lowest BCUT2D eigenvalue weighted by molar-refractivity contribution is -0.121. The lowest BCUT2D eigenvalue weighted by Gasteiger charge is -2.11. The monoisotopic (exact) mass is 291 g/mol. The third-order valence-electron chi connectivity index (χ3n) is 4.01. The van der Waals surface area contributed by atoms with Crippen LogP contribution in [0.3, 0.4) is 0 Å². The molecule has 106 valence electrons. The maximum atomic E-state index is 12.1. The van der Waals surface area contributed by atoms with Crippen LogP contribution in [0.25, 0.3) is 11.0 Å². The fraction of sp³-hybridized carbons (Fsp3) is 0.438. The molecule has 1 aromatic carbocycles. The van der Waals surface area contributed by atoms with E-state index < -0.39 is 0 Å². The third-order valence-corrected chi connectivity index (χ3v) is 4.41. The van der Waals surface area contributed by atoms with E-state index in [2.05, 4.69) is 5.32 Å². The molecule has 3 nitrogen and oxygen atoms in total. The van der Waals surface area contributed by atoms with Crippen molar-refractivity contribution in [3.8, 4) is 0 Å². The van der Waals surface area contributed by atoms with Gasteiger partial charge in [-0.25, -0.2) is 0 Å². The summed E-state index contributed by atoms with van der Waals surface area (Å²) in [6, 6.07) is 4.15. The molecule has 3 rings (SSSR count). The molecule has 1 aliphatic carbocycles. The second-order valence-electron chi connectivity index (χ2n) is 5.58. The minimum atomic E-state index is 0.0660. The summed E-state index contributed by atoms with van der Waals surface area (Å²) in [7, 11) is 0. The average molecular weight is 292 g/mol. The number of carbonyl (C=O) groups excluding carboxylic acids is 1. The zero-order valence-corrected chi connectivity index (χ0v) is 12.3. The predicted octanol–water partition coefficient (Wildman–Crippen LogP) is 4.00. The Morgan fingerprint density at radius 3 is 2.90 bits per heavy atom. The van der Waals surface area contributed by atoms with Crippen molar-refractivity contribution in [1.29, 1.82) is 0 Å². The van der Waals surface area contributed by atoms with E-state index in [1.807, 2.05) is 19.1 Å². The Balaban J connectivity index is 1.76. The van der Waals surface area contributed by atoms with Gasteiger partial charge < -0.3 is 9.73 Å². The molecular formula is C16H18ClNO2. The fourth-order valence-corrected chi connectivity index (χ4v) is 3.02. The highest BCUT2D eigenvalue weighted by Gasteiger charge is 2.18. The molecular weight excluding hydrogens is 274 g/mol. The molecule has 1 fully saturated rings. The van der Waals surface area contributed by atoms with Gasteiger partial charge in [0.05, 0.1) is 12.7 Å². The summed E-state index contributed by atoms with van der Waals surface area (Å²) in [5.41, 5.74) is 2.67. The first-order chi connectivity index (χ1) is 9.63. The second kappa shape index (κ2) is 5.49. The van der Waals surface area contributed by atoms with Gasteiger partial charge in [-0.1, -0.05) is 24.4 Å². The molecule has 1 N–H and O–H groups in total. The highest BCUT2D eigenvalue weighted by Crippen LogP contribution is 2.28. The van der Waals surface area contributed by atoms with Gasteiger partial charge in [0, 0.05) is 22.0 Å². The van der Waals surface area contributed by atoms with Gasteiger partial charge in [-0.3, -0.25) is 4.79 Å². The summed E-state index contributed by atoms with van der Waals surface area (Å²) in [4.78, 5) is 12.1. The van der Waals surface area contributed by atoms with Crippen LogP contribution in [0.1, 0.15) is 36.8 Å². The number of hydrogen-bond acceptors (Lipinski definition) is 2. The SMILES string of the molecule is Cc1cc2occ(CC(=O)NC3CCCC3)c2cc1Cl. The van der Waals surface area contributed by atoms with Crippen LogP contribution in [0.4, 0.5) is 0 Å². The van der Waals surface area contributed by atoms with Gasteiger partial charge in [0.25, 0.3) is 0 Å². The molecule has 0 unspecified atom stereocenters. The van der Waals surface area contributed by atoms with E-state index >= 15 is 0 Å². The van der Waals surface area contributed by atoms with Crippen LogP contribution < -0.4 is 5.32 Å². The number of benzene rings is 1. The van der Waals surface area contributed by atoms with E-state index in [-0.39, 0.29) is 5.91 Å². The van der Waals surface area contributed by atoms with Crippen molar-refractivity contribution >= 4 is 28.5 Å². The Hall–Kier alpha value is -1.48. The van der Waals surface area contributed by atoms with Crippen LogP contribution >= 0.6 is 11.6 Å². The normalized spacial score (nSPS) is 15.9. The quantitative estimate of drug-likeness (QED) is 0.929. The molecule has 1 saturated carbocycles. The Bertz CT molecular complexity index is 641. The van der Waals surface area contributed by atoms with Gasteiger partial charge in [0.1, 0.15) is 5.58 Å². The van der Waals surface area contributed by atoms with Crippen LogP contribution in [0.5, 0.6) is 0 Å². The highest BCUT2D eigenvalue weighted by molar-refractivity contribution is 6.32. The number of aryl methyl sites for hydroxylation is 1. The predicted molar refractivity (Wildman–Crippen MR) is 80.1 cm³/mol. The minimum absolute atomic E-state index is 0.0660. The molecule has 1 aliphatic rings. The first-order valence-corrected chi connectivity index (χ1v) is 7.47. The van der Waals surface area contributed by atoms with Gasteiger partial charge >= 0.3 is 0 Å². The molecule has 2 aromatic rings. The Labute approximate surface area is 123 Å². The van der Waals surface area contributed by atoms with Gasteiger partial charge in [0.2, 0.25) is 5.91 Å². The number of carbonyl (C=O) groups is 1. The molecule has 1 amide bonds. The summed E-state index contributed by atoms with van der Waals surface area (Å²) in [6.07, 6.45) is 6.65. The lowest BCUT2D eigenvalue weighted by Crippen LogP contribution is -2.33. The van der Waals surface area contributed by atoms with E-state index in [0.717, 1.165) is 34.9 Å². The molecule has 0 saturated heterocycles. The molecule has 0 aliphatic heterocycles. The maximum Gasteiger partial charge on any atom is 0.224 e. The number of amides is 1. The van der Waals surface area contributed by atoms with E-state index in [1.165, 1.54) is 12.8 Å². The van der Waals surface area contributed by atoms with E-state index in [9.17, 15) is 4.79 Å². The molecule has 20 heavy (non-hydrogen) atoms. The Morgan fingerprint density at radius 1 is 1.40 bits per heavy atom.